The highest BCUT2D eigenvalue weighted by molar-refractivity contribution is 6.29. The standard InChI is InChI=1S/C34H27N/c1-24-18-20-25(21-19-24)22-26-10-2-5-13-29(26)31-15-8-9-17-33(31)35-34-23-27-11-3-4-12-28(27)30-14-6-7-16-32(30)34/h2-6,8-15,17-23H,7,16H2,1H3/b26-22-,31-29-,35-33?. The van der Waals surface area contributed by atoms with E-state index < -0.39 is 0 Å². The smallest absolute Gasteiger partial charge is 0.0715 e. The van der Waals surface area contributed by atoms with Crippen LogP contribution in [0.1, 0.15) is 28.7 Å². The zero-order valence-electron chi connectivity index (χ0n) is 19.9. The number of hydrogen-bond acceptors (Lipinski definition) is 1. The van der Waals surface area contributed by atoms with Crippen LogP contribution in [0.5, 0.6) is 0 Å². The summed E-state index contributed by atoms with van der Waals surface area (Å²) in [4.78, 5) is 5.29. The average molecular weight is 450 g/mol. The molecule has 0 fully saturated rings. The molecule has 0 heterocycles. The number of nitrogens with zero attached hydrogens (tertiary/aromatic N) is 1. The van der Waals surface area contributed by atoms with E-state index in [1.54, 1.807) is 0 Å². The largest absolute Gasteiger partial charge is 0.248 e. The molecule has 0 aromatic heterocycles. The topological polar surface area (TPSA) is 12.4 Å². The number of fused-ring (bicyclic) bond motifs is 3. The van der Waals surface area contributed by atoms with Gasteiger partial charge in [-0.05, 0) is 75.9 Å². The summed E-state index contributed by atoms with van der Waals surface area (Å²) in [5.74, 6) is 0. The Morgan fingerprint density at radius 2 is 1.60 bits per heavy atom. The first-order valence-corrected chi connectivity index (χ1v) is 12.3. The van der Waals surface area contributed by atoms with Gasteiger partial charge in [-0.1, -0.05) is 109 Å². The quantitative estimate of drug-likeness (QED) is 0.313. The summed E-state index contributed by atoms with van der Waals surface area (Å²) >= 11 is 0. The highest BCUT2D eigenvalue weighted by atomic mass is 14.8. The van der Waals surface area contributed by atoms with E-state index in [0.29, 0.717) is 0 Å². The van der Waals surface area contributed by atoms with Gasteiger partial charge in [-0.25, -0.2) is 4.99 Å². The summed E-state index contributed by atoms with van der Waals surface area (Å²) in [5.41, 5.74) is 8.37. The zero-order chi connectivity index (χ0) is 23.6. The van der Waals surface area contributed by atoms with Crippen molar-refractivity contribution in [1.29, 1.82) is 0 Å². The van der Waals surface area contributed by atoms with E-state index in [1.807, 2.05) is 0 Å². The van der Waals surface area contributed by atoms with E-state index in [4.69, 9.17) is 4.99 Å². The van der Waals surface area contributed by atoms with E-state index in [0.717, 1.165) is 29.8 Å². The van der Waals surface area contributed by atoms with Crippen LogP contribution in [-0.2, 0) is 6.42 Å². The maximum Gasteiger partial charge on any atom is 0.0715 e. The molecule has 2 aliphatic carbocycles. The summed E-state index contributed by atoms with van der Waals surface area (Å²) in [6.07, 6.45) is 17.4. The van der Waals surface area contributed by atoms with E-state index in [1.165, 1.54) is 43.5 Å². The monoisotopic (exact) mass is 449 g/mol. The van der Waals surface area contributed by atoms with Gasteiger partial charge in [-0.2, -0.15) is 0 Å². The SMILES string of the molecule is Cc1ccc(/C=c2/cccc/c2=C2\C=CC=CC2=Nc2cc3ccccc3c3c2CCC=C3)cc1. The highest BCUT2D eigenvalue weighted by Crippen LogP contribution is 2.36. The van der Waals surface area contributed by atoms with Crippen molar-refractivity contribution in [2.75, 3.05) is 0 Å². The molecule has 35 heavy (non-hydrogen) atoms. The van der Waals surface area contributed by atoms with Gasteiger partial charge >= 0.3 is 0 Å². The lowest BCUT2D eigenvalue weighted by Crippen LogP contribution is -2.28. The van der Waals surface area contributed by atoms with Crippen LogP contribution in [0.2, 0.25) is 0 Å². The lowest BCUT2D eigenvalue weighted by Gasteiger charge is -2.17. The molecular weight excluding hydrogens is 422 g/mol. The fourth-order valence-electron chi connectivity index (χ4n) is 5.02. The van der Waals surface area contributed by atoms with Crippen LogP contribution in [0.15, 0.2) is 114 Å². The van der Waals surface area contributed by atoms with Crippen LogP contribution < -0.4 is 10.4 Å². The average Bonchev–Trinajstić information content (AvgIpc) is 2.91. The molecule has 1 heteroatoms. The predicted octanol–water partition coefficient (Wildman–Crippen LogP) is 6.99. The molecule has 0 bridgehead atoms. The van der Waals surface area contributed by atoms with Gasteiger partial charge in [0.15, 0.2) is 0 Å². The Kier molecular flexibility index (Phi) is 5.60. The van der Waals surface area contributed by atoms with Gasteiger partial charge in [0.2, 0.25) is 0 Å². The summed E-state index contributed by atoms with van der Waals surface area (Å²) < 4.78 is 0. The van der Waals surface area contributed by atoms with E-state index in [9.17, 15) is 0 Å². The van der Waals surface area contributed by atoms with Crippen molar-refractivity contribution in [2.45, 2.75) is 19.8 Å². The van der Waals surface area contributed by atoms with Gasteiger partial charge in [-0.3, -0.25) is 0 Å². The van der Waals surface area contributed by atoms with Crippen molar-refractivity contribution < 1.29 is 0 Å². The Hall–Kier alpha value is -4.23. The summed E-state index contributed by atoms with van der Waals surface area (Å²) in [7, 11) is 0. The maximum absolute atomic E-state index is 5.29. The predicted molar refractivity (Wildman–Crippen MR) is 151 cm³/mol. The number of allylic oxidation sites excluding steroid dienone is 5. The van der Waals surface area contributed by atoms with Crippen molar-refractivity contribution in [3.05, 3.63) is 142 Å². The summed E-state index contributed by atoms with van der Waals surface area (Å²) in [6.45, 7) is 2.12. The molecular formula is C34H27N. The Labute approximate surface area is 206 Å². The second kappa shape index (κ2) is 9.19. The molecule has 0 spiro atoms. The first kappa shape index (κ1) is 21.3. The van der Waals surface area contributed by atoms with E-state index in [2.05, 4.69) is 128 Å². The van der Waals surface area contributed by atoms with Gasteiger partial charge in [0.1, 0.15) is 0 Å². The Bertz CT molecular complexity index is 1680. The molecule has 0 aliphatic heterocycles. The number of rotatable bonds is 2. The fraction of sp³-hybridized carbons (Fsp3) is 0.0882. The van der Waals surface area contributed by atoms with Gasteiger partial charge in [0, 0.05) is 5.57 Å². The number of aliphatic imine (C=N–C) groups is 1. The molecule has 0 N–H and O–H groups in total. The van der Waals surface area contributed by atoms with Gasteiger partial charge in [-0.15, -0.1) is 0 Å². The van der Waals surface area contributed by atoms with Crippen molar-refractivity contribution in [3.8, 4) is 0 Å². The van der Waals surface area contributed by atoms with Crippen LogP contribution in [0, 0.1) is 6.92 Å². The third kappa shape index (κ3) is 4.22. The highest BCUT2D eigenvalue weighted by Gasteiger charge is 2.15. The molecule has 1 nitrogen and oxygen atoms in total. The molecule has 0 saturated heterocycles. The number of hydrogen-bond donors (Lipinski definition) is 0. The minimum atomic E-state index is 1.00. The summed E-state index contributed by atoms with van der Waals surface area (Å²) in [5, 5.41) is 4.94. The first-order valence-electron chi connectivity index (χ1n) is 12.3. The van der Waals surface area contributed by atoms with Crippen molar-refractivity contribution >= 4 is 39.9 Å². The third-order valence-electron chi connectivity index (χ3n) is 6.82. The van der Waals surface area contributed by atoms with Crippen molar-refractivity contribution in [1.82, 2.24) is 0 Å². The minimum Gasteiger partial charge on any atom is -0.248 e. The molecule has 4 aromatic rings. The van der Waals surface area contributed by atoms with Crippen molar-refractivity contribution in [2.24, 2.45) is 4.99 Å². The lowest BCUT2D eigenvalue weighted by molar-refractivity contribution is 0.988. The molecule has 0 unspecified atom stereocenters. The maximum atomic E-state index is 5.29. The minimum absolute atomic E-state index is 1.00. The molecule has 0 amide bonds. The molecule has 6 rings (SSSR count). The van der Waals surface area contributed by atoms with Crippen LogP contribution in [0.4, 0.5) is 5.69 Å². The normalized spacial score (nSPS) is 17.9. The molecule has 168 valence electrons. The number of benzene rings is 4. The van der Waals surface area contributed by atoms with Gasteiger partial charge in [0.05, 0.1) is 11.4 Å². The molecule has 0 atom stereocenters. The van der Waals surface area contributed by atoms with E-state index >= 15 is 0 Å². The molecule has 0 radical (unpaired) electrons. The van der Waals surface area contributed by atoms with Gasteiger partial charge in [0.25, 0.3) is 0 Å². The van der Waals surface area contributed by atoms with Gasteiger partial charge < -0.3 is 0 Å². The summed E-state index contributed by atoms with van der Waals surface area (Å²) in [6, 6.07) is 28.2. The lowest BCUT2D eigenvalue weighted by atomic mass is 9.90. The Morgan fingerprint density at radius 3 is 2.51 bits per heavy atom. The molecule has 4 aromatic carbocycles. The third-order valence-corrected chi connectivity index (χ3v) is 6.82. The first-order chi connectivity index (χ1) is 17.3. The second-order valence-corrected chi connectivity index (χ2v) is 9.22. The van der Waals surface area contributed by atoms with Crippen LogP contribution in [0.25, 0.3) is 28.5 Å². The Morgan fingerprint density at radius 1 is 0.800 bits per heavy atom. The van der Waals surface area contributed by atoms with E-state index in [-0.39, 0.29) is 0 Å². The second-order valence-electron chi connectivity index (χ2n) is 9.22. The van der Waals surface area contributed by atoms with Crippen LogP contribution in [-0.4, -0.2) is 5.71 Å². The number of aryl methyl sites for hydroxylation is 1. The fourth-order valence-corrected chi connectivity index (χ4v) is 5.02. The van der Waals surface area contributed by atoms with Crippen LogP contribution in [0.3, 0.4) is 0 Å². The molecule has 2 aliphatic rings. The Balaban J connectivity index is 1.57. The zero-order valence-corrected chi connectivity index (χ0v) is 19.9. The van der Waals surface area contributed by atoms with Crippen LogP contribution >= 0.6 is 0 Å². The van der Waals surface area contributed by atoms with Crippen molar-refractivity contribution in [3.63, 3.8) is 0 Å². The molecule has 0 saturated carbocycles.